The first kappa shape index (κ1) is 14.3. The zero-order valence-electron chi connectivity index (χ0n) is 11.7. The highest BCUT2D eigenvalue weighted by Gasteiger charge is 2.12. The summed E-state index contributed by atoms with van der Waals surface area (Å²) in [4.78, 5) is 17.9. The van der Waals surface area contributed by atoms with Gasteiger partial charge in [0.2, 0.25) is 0 Å². The van der Waals surface area contributed by atoms with E-state index in [9.17, 15) is 4.79 Å². The molecule has 0 radical (unpaired) electrons. The van der Waals surface area contributed by atoms with Crippen LogP contribution < -0.4 is 5.73 Å². The number of thioether (sulfide) groups is 1. The molecule has 0 amide bonds. The molecule has 3 N–H and O–H groups in total. The number of anilines is 1. The third-order valence-corrected chi connectivity index (χ3v) is 3.79. The molecule has 22 heavy (non-hydrogen) atoms. The summed E-state index contributed by atoms with van der Waals surface area (Å²) in [6, 6.07) is 7.17. The van der Waals surface area contributed by atoms with Gasteiger partial charge >= 0.3 is 0 Å². The van der Waals surface area contributed by atoms with Crippen molar-refractivity contribution in [1.29, 1.82) is 0 Å². The first-order valence-corrected chi connectivity index (χ1v) is 7.47. The van der Waals surface area contributed by atoms with Gasteiger partial charge in [-0.3, -0.25) is 4.79 Å². The zero-order chi connectivity index (χ0) is 15.5. The van der Waals surface area contributed by atoms with Crippen LogP contribution in [0.25, 0.3) is 22.9 Å². The molecule has 0 unspecified atom stereocenters. The SMILES string of the molecule is CC(=O)CSc1nnc(-c2ccc(-c3ccnc(N)c3)o2)[nH]1. The van der Waals surface area contributed by atoms with E-state index in [2.05, 4.69) is 20.2 Å². The summed E-state index contributed by atoms with van der Waals surface area (Å²) in [5.41, 5.74) is 6.50. The van der Waals surface area contributed by atoms with Gasteiger partial charge in [-0.25, -0.2) is 4.98 Å². The highest BCUT2D eigenvalue weighted by atomic mass is 32.2. The van der Waals surface area contributed by atoms with E-state index in [0.29, 0.717) is 34.1 Å². The maximum atomic E-state index is 11.0. The summed E-state index contributed by atoms with van der Waals surface area (Å²) in [5, 5.41) is 8.58. The van der Waals surface area contributed by atoms with Crippen LogP contribution in [-0.4, -0.2) is 31.7 Å². The highest BCUT2D eigenvalue weighted by Crippen LogP contribution is 2.27. The maximum absolute atomic E-state index is 11.0. The minimum absolute atomic E-state index is 0.0820. The fourth-order valence-corrected chi connectivity index (χ4v) is 2.42. The Morgan fingerprint density at radius 2 is 2.14 bits per heavy atom. The Hall–Kier alpha value is -2.61. The van der Waals surface area contributed by atoms with Crippen molar-refractivity contribution in [2.45, 2.75) is 12.1 Å². The molecule has 0 fully saturated rings. The second-order valence-electron chi connectivity index (χ2n) is 4.60. The van der Waals surface area contributed by atoms with Gasteiger partial charge in [0.1, 0.15) is 17.4 Å². The van der Waals surface area contributed by atoms with E-state index in [-0.39, 0.29) is 5.78 Å². The molecule has 0 bridgehead atoms. The molecule has 0 aliphatic rings. The molecule has 0 spiro atoms. The number of nitrogens with zero attached hydrogens (tertiary/aromatic N) is 3. The summed E-state index contributed by atoms with van der Waals surface area (Å²) in [6.07, 6.45) is 1.62. The van der Waals surface area contributed by atoms with Gasteiger partial charge in [0.05, 0.1) is 5.75 Å². The topological polar surface area (TPSA) is 111 Å². The largest absolute Gasteiger partial charge is 0.453 e. The third kappa shape index (κ3) is 3.17. The first-order valence-electron chi connectivity index (χ1n) is 6.49. The summed E-state index contributed by atoms with van der Waals surface area (Å²) >= 11 is 1.30. The molecule has 3 heterocycles. The van der Waals surface area contributed by atoms with Gasteiger partial charge in [-0.05, 0) is 31.2 Å². The van der Waals surface area contributed by atoms with Crippen LogP contribution in [0.5, 0.6) is 0 Å². The van der Waals surface area contributed by atoms with Crippen LogP contribution in [0.4, 0.5) is 5.82 Å². The number of carbonyl (C=O) groups excluding carboxylic acids is 1. The molecular formula is C14H13N5O2S. The van der Waals surface area contributed by atoms with Gasteiger partial charge in [0, 0.05) is 11.8 Å². The van der Waals surface area contributed by atoms with Gasteiger partial charge in [-0.1, -0.05) is 11.8 Å². The number of H-pyrrole nitrogens is 1. The van der Waals surface area contributed by atoms with Gasteiger partial charge in [-0.15, -0.1) is 10.2 Å². The lowest BCUT2D eigenvalue weighted by molar-refractivity contribution is -0.114. The summed E-state index contributed by atoms with van der Waals surface area (Å²) < 4.78 is 5.76. The van der Waals surface area contributed by atoms with Crippen LogP contribution in [0.3, 0.4) is 0 Å². The van der Waals surface area contributed by atoms with Crippen molar-refractivity contribution in [2.24, 2.45) is 0 Å². The average molecular weight is 315 g/mol. The lowest BCUT2D eigenvalue weighted by Crippen LogP contribution is -1.93. The summed E-state index contributed by atoms with van der Waals surface area (Å²) in [6.45, 7) is 1.53. The van der Waals surface area contributed by atoms with Crippen LogP contribution in [0.2, 0.25) is 0 Å². The van der Waals surface area contributed by atoms with Gasteiger partial charge in [0.15, 0.2) is 16.7 Å². The molecule has 3 rings (SSSR count). The Labute approximate surface area is 130 Å². The van der Waals surface area contributed by atoms with E-state index in [4.69, 9.17) is 10.2 Å². The van der Waals surface area contributed by atoms with Crippen molar-refractivity contribution in [3.8, 4) is 22.9 Å². The Morgan fingerprint density at radius 1 is 1.32 bits per heavy atom. The number of ketones is 1. The van der Waals surface area contributed by atoms with Gasteiger partial charge in [-0.2, -0.15) is 0 Å². The third-order valence-electron chi connectivity index (χ3n) is 2.78. The number of furan rings is 1. The number of carbonyl (C=O) groups is 1. The van der Waals surface area contributed by atoms with E-state index >= 15 is 0 Å². The molecular weight excluding hydrogens is 302 g/mol. The molecule has 0 saturated heterocycles. The first-order chi connectivity index (χ1) is 10.6. The number of aromatic amines is 1. The molecule has 0 aromatic carbocycles. The highest BCUT2D eigenvalue weighted by molar-refractivity contribution is 7.99. The van der Waals surface area contributed by atoms with Crippen LogP contribution >= 0.6 is 11.8 Å². The second-order valence-corrected chi connectivity index (χ2v) is 5.57. The Balaban J connectivity index is 1.80. The predicted molar refractivity (Wildman–Crippen MR) is 83.1 cm³/mol. The molecule has 3 aromatic heterocycles. The Morgan fingerprint density at radius 3 is 2.91 bits per heavy atom. The van der Waals surface area contributed by atoms with E-state index < -0.39 is 0 Å². The van der Waals surface area contributed by atoms with Crippen molar-refractivity contribution in [3.05, 3.63) is 30.5 Å². The van der Waals surface area contributed by atoms with Crippen molar-refractivity contribution in [2.75, 3.05) is 11.5 Å². The standard InChI is InChI=1S/C14H13N5O2S/c1-8(20)7-22-14-17-13(18-19-14)11-3-2-10(21-11)9-4-5-16-12(15)6-9/h2-6H,7H2,1H3,(H2,15,16)(H,17,18,19). The predicted octanol–water partition coefficient (Wildman–Crippen LogP) is 2.39. The minimum Gasteiger partial charge on any atom is -0.453 e. The van der Waals surface area contributed by atoms with E-state index in [1.807, 2.05) is 12.1 Å². The monoisotopic (exact) mass is 315 g/mol. The number of pyridine rings is 1. The maximum Gasteiger partial charge on any atom is 0.197 e. The second kappa shape index (κ2) is 6.02. The lowest BCUT2D eigenvalue weighted by Gasteiger charge is -1.97. The van der Waals surface area contributed by atoms with Crippen LogP contribution in [0, 0.1) is 0 Å². The van der Waals surface area contributed by atoms with Crippen LogP contribution in [0.15, 0.2) is 40.0 Å². The number of aromatic nitrogens is 4. The zero-order valence-corrected chi connectivity index (χ0v) is 12.6. The smallest absolute Gasteiger partial charge is 0.197 e. The molecule has 8 heteroatoms. The van der Waals surface area contributed by atoms with Crippen molar-refractivity contribution in [3.63, 3.8) is 0 Å². The molecule has 3 aromatic rings. The number of rotatable bonds is 5. The van der Waals surface area contributed by atoms with Crippen molar-refractivity contribution >= 4 is 23.4 Å². The number of nitrogens with two attached hydrogens (primary N) is 1. The fraction of sp³-hybridized carbons (Fsp3) is 0.143. The van der Waals surface area contributed by atoms with Gasteiger partial charge in [0.25, 0.3) is 0 Å². The van der Waals surface area contributed by atoms with Gasteiger partial charge < -0.3 is 15.1 Å². The summed E-state index contributed by atoms with van der Waals surface area (Å²) in [7, 11) is 0. The molecule has 0 aliphatic heterocycles. The van der Waals surface area contributed by atoms with Crippen LogP contribution in [-0.2, 0) is 4.79 Å². The average Bonchev–Trinajstić information content (AvgIpc) is 3.14. The number of hydrogen-bond acceptors (Lipinski definition) is 7. The van der Waals surface area contributed by atoms with Crippen molar-refractivity contribution in [1.82, 2.24) is 20.2 Å². The van der Waals surface area contributed by atoms with E-state index in [0.717, 1.165) is 5.56 Å². The minimum atomic E-state index is 0.0820. The lowest BCUT2D eigenvalue weighted by atomic mass is 10.2. The molecule has 0 atom stereocenters. The van der Waals surface area contributed by atoms with Crippen LogP contribution in [0.1, 0.15) is 6.92 Å². The van der Waals surface area contributed by atoms with Crippen molar-refractivity contribution < 1.29 is 9.21 Å². The molecule has 7 nitrogen and oxygen atoms in total. The number of nitrogen functional groups attached to an aromatic ring is 1. The Kier molecular flexibility index (Phi) is 3.92. The Bertz CT molecular complexity index is 811. The quantitative estimate of drug-likeness (QED) is 0.695. The number of Topliss-reactive ketones (excluding diaryl/α,β-unsaturated/α-hetero) is 1. The van der Waals surface area contributed by atoms with E-state index in [1.165, 1.54) is 18.7 Å². The number of hydrogen-bond donors (Lipinski definition) is 2. The summed E-state index contributed by atoms with van der Waals surface area (Å²) in [5.74, 6) is 2.61. The molecule has 0 aliphatic carbocycles. The fourth-order valence-electron chi connectivity index (χ4n) is 1.81. The normalized spacial score (nSPS) is 10.8. The molecule has 112 valence electrons. The molecule has 0 saturated carbocycles. The van der Waals surface area contributed by atoms with E-state index in [1.54, 1.807) is 18.3 Å². The number of nitrogens with one attached hydrogen (secondary N) is 1.